The van der Waals surface area contributed by atoms with Crippen molar-refractivity contribution in [3.05, 3.63) is 42.0 Å². The molecule has 0 spiro atoms. The zero-order valence-corrected chi connectivity index (χ0v) is 12.8. The normalized spacial score (nSPS) is 25.3. The molecule has 1 aliphatic carbocycles. The molecule has 1 aliphatic rings. The number of benzene rings is 1. The molecule has 110 valence electrons. The molecule has 1 fully saturated rings. The lowest BCUT2D eigenvalue weighted by Crippen LogP contribution is -2.49. The van der Waals surface area contributed by atoms with Crippen molar-refractivity contribution in [1.82, 2.24) is 0 Å². The Kier molecular flexibility index (Phi) is 4.43. The van der Waals surface area contributed by atoms with Crippen molar-refractivity contribution in [3.8, 4) is 0 Å². The van der Waals surface area contributed by atoms with Crippen LogP contribution in [0.15, 0.2) is 36.4 Å². The van der Waals surface area contributed by atoms with Gasteiger partial charge in [0.25, 0.3) is 0 Å². The minimum atomic E-state index is -1.25. The van der Waals surface area contributed by atoms with Crippen LogP contribution in [-0.2, 0) is 14.4 Å². The van der Waals surface area contributed by atoms with E-state index in [1.807, 2.05) is 30.3 Å². The van der Waals surface area contributed by atoms with E-state index in [1.54, 1.807) is 19.9 Å². The Bertz CT molecular complexity index is 602. The highest BCUT2D eigenvalue weighted by Gasteiger charge is 2.48. The Morgan fingerprint density at radius 1 is 1.24 bits per heavy atom. The van der Waals surface area contributed by atoms with E-state index in [2.05, 4.69) is 0 Å². The number of hydrogen-bond acceptors (Lipinski definition) is 3. The number of halogens is 1. The van der Waals surface area contributed by atoms with E-state index in [9.17, 15) is 14.4 Å². The molecular weight excluding hydrogens is 288 g/mol. The standard InChI is InChI=1S/C17H17ClO3/c1-17(2)10-13(20)14(15(21)16(17)18)12(19)9-8-11-6-4-3-5-7-11/h3-9,14,16H,10H2,1-2H3/b9-8+/t14-,16+/m1/s1. The Labute approximate surface area is 129 Å². The third kappa shape index (κ3) is 3.30. The number of ketones is 3. The molecule has 1 saturated carbocycles. The predicted octanol–water partition coefficient (Wildman–Crippen LogP) is 3.06. The smallest absolute Gasteiger partial charge is 0.173 e. The molecule has 0 amide bonds. The topological polar surface area (TPSA) is 51.2 Å². The minimum absolute atomic E-state index is 0.141. The molecule has 0 unspecified atom stereocenters. The first-order chi connectivity index (χ1) is 9.83. The quantitative estimate of drug-likeness (QED) is 0.490. The van der Waals surface area contributed by atoms with Crippen LogP contribution in [0.3, 0.4) is 0 Å². The number of carbonyl (C=O) groups is 3. The molecule has 4 heteroatoms. The van der Waals surface area contributed by atoms with Gasteiger partial charge in [-0.15, -0.1) is 11.6 Å². The minimum Gasteiger partial charge on any atom is -0.298 e. The lowest BCUT2D eigenvalue weighted by molar-refractivity contribution is -0.143. The zero-order chi connectivity index (χ0) is 15.6. The van der Waals surface area contributed by atoms with E-state index in [1.165, 1.54) is 6.08 Å². The molecule has 0 N–H and O–H groups in total. The summed E-state index contributed by atoms with van der Waals surface area (Å²) in [4.78, 5) is 36.4. The van der Waals surface area contributed by atoms with Crippen molar-refractivity contribution in [3.63, 3.8) is 0 Å². The van der Waals surface area contributed by atoms with Crippen LogP contribution >= 0.6 is 11.6 Å². The molecule has 21 heavy (non-hydrogen) atoms. The molecule has 1 aromatic rings. The molecule has 0 aromatic heterocycles. The first-order valence-electron chi connectivity index (χ1n) is 6.80. The Morgan fingerprint density at radius 3 is 2.48 bits per heavy atom. The van der Waals surface area contributed by atoms with E-state index in [-0.39, 0.29) is 12.2 Å². The van der Waals surface area contributed by atoms with Crippen molar-refractivity contribution >= 4 is 35.0 Å². The van der Waals surface area contributed by atoms with Crippen LogP contribution in [0.2, 0.25) is 0 Å². The van der Waals surface area contributed by atoms with Gasteiger partial charge in [-0.05, 0) is 17.1 Å². The van der Waals surface area contributed by atoms with Crippen molar-refractivity contribution in [1.29, 1.82) is 0 Å². The molecule has 0 radical (unpaired) electrons. The molecule has 2 rings (SSSR count). The lowest BCUT2D eigenvalue weighted by atomic mass is 9.70. The fraction of sp³-hybridized carbons (Fsp3) is 0.353. The summed E-state index contributed by atoms with van der Waals surface area (Å²) in [7, 11) is 0. The fourth-order valence-electron chi connectivity index (χ4n) is 2.47. The second kappa shape index (κ2) is 5.94. The first-order valence-corrected chi connectivity index (χ1v) is 7.24. The van der Waals surface area contributed by atoms with Gasteiger partial charge in [-0.3, -0.25) is 14.4 Å². The maximum Gasteiger partial charge on any atom is 0.173 e. The summed E-state index contributed by atoms with van der Waals surface area (Å²) in [5.41, 5.74) is 0.236. The molecule has 0 aliphatic heterocycles. The number of alkyl halides is 1. The summed E-state index contributed by atoms with van der Waals surface area (Å²) in [6, 6.07) is 9.23. The van der Waals surface area contributed by atoms with Gasteiger partial charge in [-0.2, -0.15) is 0 Å². The summed E-state index contributed by atoms with van der Waals surface area (Å²) >= 11 is 6.10. The predicted molar refractivity (Wildman–Crippen MR) is 82.0 cm³/mol. The van der Waals surface area contributed by atoms with Gasteiger partial charge in [0.1, 0.15) is 5.92 Å². The van der Waals surface area contributed by atoms with E-state index in [0.29, 0.717) is 0 Å². The molecule has 0 bridgehead atoms. The Morgan fingerprint density at radius 2 is 1.86 bits per heavy atom. The number of rotatable bonds is 3. The molecule has 3 nitrogen and oxygen atoms in total. The van der Waals surface area contributed by atoms with Crippen LogP contribution in [0.1, 0.15) is 25.8 Å². The molecule has 0 heterocycles. The lowest BCUT2D eigenvalue weighted by Gasteiger charge is -2.35. The third-order valence-electron chi connectivity index (χ3n) is 3.70. The van der Waals surface area contributed by atoms with Gasteiger partial charge in [0.15, 0.2) is 17.3 Å². The number of allylic oxidation sites excluding steroid dienone is 1. The number of carbonyl (C=O) groups excluding carboxylic acids is 3. The van der Waals surface area contributed by atoms with Crippen LogP contribution in [0, 0.1) is 11.3 Å². The van der Waals surface area contributed by atoms with E-state index in [4.69, 9.17) is 11.6 Å². The Hall–Kier alpha value is -1.74. The molecular formula is C17H17ClO3. The largest absolute Gasteiger partial charge is 0.298 e. The van der Waals surface area contributed by atoms with Crippen LogP contribution in [0.5, 0.6) is 0 Å². The first kappa shape index (κ1) is 15.6. The van der Waals surface area contributed by atoms with Gasteiger partial charge in [0, 0.05) is 6.42 Å². The monoisotopic (exact) mass is 304 g/mol. The SMILES string of the molecule is CC1(C)CC(=O)[C@@H](C(=O)/C=C/c2ccccc2)C(=O)[C@@H]1Cl. The summed E-state index contributed by atoms with van der Waals surface area (Å²) in [5.74, 6) is -2.57. The zero-order valence-electron chi connectivity index (χ0n) is 12.0. The maximum atomic E-state index is 12.2. The van der Waals surface area contributed by atoms with E-state index < -0.39 is 28.3 Å². The van der Waals surface area contributed by atoms with Crippen molar-refractivity contribution in [2.75, 3.05) is 0 Å². The summed E-state index contributed by atoms with van der Waals surface area (Å²) in [6.07, 6.45) is 3.03. The highest BCUT2D eigenvalue weighted by molar-refractivity contribution is 6.39. The molecule has 0 saturated heterocycles. The summed E-state index contributed by atoms with van der Waals surface area (Å²) in [6.45, 7) is 3.53. The average molecular weight is 305 g/mol. The highest BCUT2D eigenvalue weighted by Crippen LogP contribution is 2.38. The second-order valence-corrected chi connectivity index (χ2v) is 6.41. The van der Waals surface area contributed by atoms with Crippen molar-refractivity contribution < 1.29 is 14.4 Å². The van der Waals surface area contributed by atoms with Crippen LogP contribution in [0.25, 0.3) is 6.08 Å². The van der Waals surface area contributed by atoms with Crippen molar-refractivity contribution in [2.45, 2.75) is 25.6 Å². The van der Waals surface area contributed by atoms with Crippen LogP contribution in [0.4, 0.5) is 0 Å². The van der Waals surface area contributed by atoms with Crippen LogP contribution < -0.4 is 0 Å². The fourth-order valence-corrected chi connectivity index (χ4v) is 2.67. The molecule has 2 atom stereocenters. The van der Waals surface area contributed by atoms with Gasteiger partial charge in [-0.25, -0.2) is 0 Å². The third-order valence-corrected chi connectivity index (χ3v) is 4.50. The van der Waals surface area contributed by atoms with Gasteiger partial charge < -0.3 is 0 Å². The van der Waals surface area contributed by atoms with E-state index >= 15 is 0 Å². The molecule has 1 aromatic carbocycles. The highest BCUT2D eigenvalue weighted by atomic mass is 35.5. The Balaban J connectivity index is 2.18. The van der Waals surface area contributed by atoms with Crippen molar-refractivity contribution in [2.24, 2.45) is 11.3 Å². The second-order valence-electron chi connectivity index (χ2n) is 5.98. The van der Waals surface area contributed by atoms with E-state index in [0.717, 1.165) is 5.56 Å². The number of Topliss-reactive ketones (excluding diaryl/α,β-unsaturated/α-hetero) is 2. The summed E-state index contributed by atoms with van der Waals surface area (Å²) < 4.78 is 0. The van der Waals surface area contributed by atoms with Gasteiger partial charge in [0.2, 0.25) is 0 Å². The summed E-state index contributed by atoms with van der Waals surface area (Å²) in [5, 5.41) is -0.811. The number of hydrogen-bond donors (Lipinski definition) is 0. The van der Waals surface area contributed by atoms with Gasteiger partial charge in [0.05, 0.1) is 5.38 Å². The van der Waals surface area contributed by atoms with Gasteiger partial charge in [-0.1, -0.05) is 50.3 Å². The van der Waals surface area contributed by atoms with Crippen LogP contribution in [-0.4, -0.2) is 22.7 Å². The van der Waals surface area contributed by atoms with Gasteiger partial charge >= 0.3 is 0 Å². The maximum absolute atomic E-state index is 12.2. The average Bonchev–Trinajstić information content (AvgIpc) is 2.43.